The average molecular weight is 443 g/mol. The third kappa shape index (κ3) is 4.65. The number of hydrazine groups is 1. The molecule has 1 heterocycles. The molecule has 0 saturated carbocycles. The smallest absolute Gasteiger partial charge is 0.309 e. The number of carbonyl (C=O) groups excluding carboxylic acids is 1. The van der Waals surface area contributed by atoms with Gasteiger partial charge in [0, 0.05) is 11.3 Å². The van der Waals surface area contributed by atoms with Crippen molar-refractivity contribution in [1.29, 1.82) is 0 Å². The summed E-state index contributed by atoms with van der Waals surface area (Å²) in [5.41, 5.74) is 10.0. The Kier molecular flexibility index (Phi) is 6.23. The summed E-state index contributed by atoms with van der Waals surface area (Å²) in [6.45, 7) is 4.03. The highest BCUT2D eigenvalue weighted by Crippen LogP contribution is 2.21. The Hall–Kier alpha value is -4.04. The number of para-hydroxylation sites is 1. The highest BCUT2D eigenvalue weighted by molar-refractivity contribution is 7.80. The number of rotatable bonds is 4. The van der Waals surface area contributed by atoms with Gasteiger partial charge in [-0.05, 0) is 55.4 Å². The molecule has 3 aromatic carbocycles. The summed E-state index contributed by atoms with van der Waals surface area (Å²) in [6, 6.07) is 25.0. The van der Waals surface area contributed by atoms with E-state index in [0.29, 0.717) is 5.82 Å². The number of amides is 1. The third-order valence-electron chi connectivity index (χ3n) is 4.99. The van der Waals surface area contributed by atoms with Gasteiger partial charge in [-0.25, -0.2) is 9.67 Å². The Morgan fingerprint density at radius 1 is 0.875 bits per heavy atom. The summed E-state index contributed by atoms with van der Waals surface area (Å²) >= 11 is 5.31. The first-order chi connectivity index (χ1) is 15.5. The number of nitrogens with zero attached hydrogens (tertiary/aromatic N) is 3. The molecular formula is C24H22N6OS. The summed E-state index contributed by atoms with van der Waals surface area (Å²) in [5.74, 6) is 0.0924. The van der Waals surface area contributed by atoms with Gasteiger partial charge in [-0.15, -0.1) is 5.10 Å². The van der Waals surface area contributed by atoms with Crippen LogP contribution in [0.1, 0.15) is 21.7 Å². The molecule has 0 atom stereocenters. The molecule has 0 bridgehead atoms. The molecule has 4 aromatic rings. The molecule has 4 rings (SSSR count). The predicted molar refractivity (Wildman–Crippen MR) is 130 cm³/mol. The highest BCUT2D eigenvalue weighted by Gasteiger charge is 2.19. The standard InChI is InChI=1S/C24H22N6OS/c1-16-10-9-15-20(17(16)2)25-24(32)28-27-23(31)21-26-22(18-11-5-3-6-12-18)30(29-21)19-13-7-4-8-14-19/h3-15H,1-2H3,(H,27,31)(H2,25,28,32). The van der Waals surface area contributed by atoms with Crippen LogP contribution in [0.25, 0.3) is 17.1 Å². The summed E-state index contributed by atoms with van der Waals surface area (Å²) in [6.07, 6.45) is 0. The number of aromatic nitrogens is 3. The molecule has 160 valence electrons. The molecule has 1 amide bonds. The van der Waals surface area contributed by atoms with E-state index in [9.17, 15) is 4.79 Å². The van der Waals surface area contributed by atoms with Gasteiger partial charge >= 0.3 is 5.91 Å². The van der Waals surface area contributed by atoms with Crippen molar-refractivity contribution in [1.82, 2.24) is 25.6 Å². The van der Waals surface area contributed by atoms with Crippen LogP contribution < -0.4 is 16.2 Å². The monoisotopic (exact) mass is 442 g/mol. The fraction of sp³-hybridized carbons (Fsp3) is 0.0833. The van der Waals surface area contributed by atoms with E-state index in [1.54, 1.807) is 4.68 Å². The summed E-state index contributed by atoms with van der Waals surface area (Å²) in [4.78, 5) is 17.2. The first-order valence-corrected chi connectivity index (χ1v) is 10.4. The number of hydrogen-bond acceptors (Lipinski definition) is 4. The Bertz CT molecular complexity index is 1200. The van der Waals surface area contributed by atoms with Crippen LogP contribution in [0.2, 0.25) is 0 Å². The topological polar surface area (TPSA) is 83.9 Å². The minimum Gasteiger partial charge on any atom is -0.331 e. The van der Waals surface area contributed by atoms with Crippen LogP contribution >= 0.6 is 12.2 Å². The lowest BCUT2D eigenvalue weighted by Crippen LogP contribution is -2.44. The van der Waals surface area contributed by atoms with Crippen LogP contribution in [0.3, 0.4) is 0 Å². The van der Waals surface area contributed by atoms with Crippen molar-refractivity contribution < 1.29 is 4.79 Å². The SMILES string of the molecule is Cc1cccc(NC(=S)NNC(=O)c2nc(-c3ccccc3)n(-c3ccccc3)n2)c1C. The molecule has 8 heteroatoms. The Balaban J connectivity index is 1.52. The number of aryl methyl sites for hydroxylation is 1. The molecule has 0 saturated heterocycles. The lowest BCUT2D eigenvalue weighted by molar-refractivity contribution is 0.0934. The van der Waals surface area contributed by atoms with Gasteiger partial charge in [0.1, 0.15) is 0 Å². The van der Waals surface area contributed by atoms with Crippen LogP contribution in [-0.4, -0.2) is 25.8 Å². The molecule has 0 fully saturated rings. The fourth-order valence-electron chi connectivity index (χ4n) is 3.14. The van der Waals surface area contributed by atoms with Crippen LogP contribution in [0.4, 0.5) is 5.69 Å². The van der Waals surface area contributed by atoms with E-state index in [0.717, 1.165) is 28.1 Å². The molecule has 32 heavy (non-hydrogen) atoms. The molecule has 7 nitrogen and oxygen atoms in total. The molecule has 0 spiro atoms. The molecule has 0 aliphatic rings. The van der Waals surface area contributed by atoms with Crippen LogP contribution in [-0.2, 0) is 0 Å². The van der Waals surface area contributed by atoms with Gasteiger partial charge in [0.25, 0.3) is 0 Å². The van der Waals surface area contributed by atoms with E-state index >= 15 is 0 Å². The molecule has 1 aromatic heterocycles. The van der Waals surface area contributed by atoms with Crippen LogP contribution in [0.5, 0.6) is 0 Å². The number of nitrogens with one attached hydrogen (secondary N) is 3. The predicted octanol–water partition coefficient (Wildman–Crippen LogP) is 4.18. The first-order valence-electron chi connectivity index (χ1n) is 10.0. The van der Waals surface area contributed by atoms with Gasteiger partial charge in [-0.2, -0.15) is 0 Å². The average Bonchev–Trinajstić information content (AvgIpc) is 3.27. The van der Waals surface area contributed by atoms with Crippen molar-refractivity contribution in [3.8, 4) is 17.1 Å². The molecule has 3 N–H and O–H groups in total. The Morgan fingerprint density at radius 3 is 2.28 bits per heavy atom. The van der Waals surface area contributed by atoms with Crippen molar-refractivity contribution in [3.63, 3.8) is 0 Å². The van der Waals surface area contributed by atoms with Gasteiger partial charge in [0.05, 0.1) is 5.69 Å². The fourth-order valence-corrected chi connectivity index (χ4v) is 3.30. The van der Waals surface area contributed by atoms with E-state index < -0.39 is 5.91 Å². The zero-order chi connectivity index (χ0) is 22.5. The van der Waals surface area contributed by atoms with Crippen molar-refractivity contribution in [2.45, 2.75) is 13.8 Å². The van der Waals surface area contributed by atoms with E-state index in [2.05, 4.69) is 26.3 Å². The van der Waals surface area contributed by atoms with E-state index in [1.165, 1.54) is 0 Å². The maximum absolute atomic E-state index is 12.8. The summed E-state index contributed by atoms with van der Waals surface area (Å²) in [5, 5.41) is 7.78. The summed E-state index contributed by atoms with van der Waals surface area (Å²) in [7, 11) is 0. The van der Waals surface area contributed by atoms with Crippen molar-refractivity contribution in [2.75, 3.05) is 5.32 Å². The van der Waals surface area contributed by atoms with Gasteiger partial charge in [0.15, 0.2) is 10.9 Å². The lowest BCUT2D eigenvalue weighted by Gasteiger charge is -2.13. The molecule has 0 aliphatic carbocycles. The number of benzene rings is 3. The number of anilines is 1. The zero-order valence-electron chi connectivity index (χ0n) is 17.7. The molecule has 0 radical (unpaired) electrons. The Labute approximate surface area is 191 Å². The lowest BCUT2D eigenvalue weighted by atomic mass is 10.1. The summed E-state index contributed by atoms with van der Waals surface area (Å²) < 4.78 is 1.65. The third-order valence-corrected chi connectivity index (χ3v) is 5.19. The second-order valence-corrected chi connectivity index (χ2v) is 7.56. The van der Waals surface area contributed by atoms with Gasteiger partial charge in [-0.3, -0.25) is 15.6 Å². The van der Waals surface area contributed by atoms with Gasteiger partial charge in [0.2, 0.25) is 5.82 Å². The maximum atomic E-state index is 12.8. The van der Waals surface area contributed by atoms with Crippen molar-refractivity contribution in [3.05, 3.63) is 95.8 Å². The number of hydrogen-bond donors (Lipinski definition) is 3. The van der Waals surface area contributed by atoms with E-state index in [-0.39, 0.29) is 10.9 Å². The van der Waals surface area contributed by atoms with E-state index in [1.807, 2.05) is 92.7 Å². The largest absolute Gasteiger partial charge is 0.331 e. The maximum Gasteiger partial charge on any atom is 0.309 e. The Morgan fingerprint density at radius 2 is 1.56 bits per heavy atom. The number of thiocarbonyl (C=S) groups is 1. The quantitative estimate of drug-likeness (QED) is 0.325. The first kappa shape index (κ1) is 21.2. The minimum absolute atomic E-state index is 0.0229. The van der Waals surface area contributed by atoms with Gasteiger partial charge in [-0.1, -0.05) is 60.7 Å². The molecule has 0 aliphatic heterocycles. The van der Waals surface area contributed by atoms with Crippen molar-refractivity contribution in [2.24, 2.45) is 0 Å². The van der Waals surface area contributed by atoms with E-state index in [4.69, 9.17) is 12.2 Å². The van der Waals surface area contributed by atoms with Crippen molar-refractivity contribution >= 4 is 28.9 Å². The molecular weight excluding hydrogens is 420 g/mol. The van der Waals surface area contributed by atoms with Gasteiger partial charge < -0.3 is 5.32 Å². The second-order valence-electron chi connectivity index (χ2n) is 7.15. The zero-order valence-corrected chi connectivity index (χ0v) is 18.5. The second kappa shape index (κ2) is 9.40. The minimum atomic E-state index is -0.498. The highest BCUT2D eigenvalue weighted by atomic mass is 32.1. The van der Waals surface area contributed by atoms with Crippen LogP contribution in [0, 0.1) is 13.8 Å². The molecule has 0 unspecified atom stereocenters. The normalized spacial score (nSPS) is 10.4. The number of carbonyl (C=O) groups is 1. The van der Waals surface area contributed by atoms with Crippen LogP contribution in [0.15, 0.2) is 78.9 Å².